The SMILES string of the molecule is COc1cccc(-c2nn(-c3ccccc3)cc2CN2CCC([C@@H](O)C(C)C)CC2)c1. The van der Waals surface area contributed by atoms with Crippen LogP contribution in [0.4, 0.5) is 0 Å². The molecule has 0 saturated carbocycles. The van der Waals surface area contributed by atoms with Gasteiger partial charge in [-0.05, 0) is 62.0 Å². The molecule has 1 saturated heterocycles. The van der Waals surface area contributed by atoms with E-state index in [0.717, 1.165) is 55.2 Å². The molecule has 1 atom stereocenters. The Hall–Kier alpha value is -2.63. The summed E-state index contributed by atoms with van der Waals surface area (Å²) in [7, 11) is 1.69. The van der Waals surface area contributed by atoms with Gasteiger partial charge < -0.3 is 9.84 Å². The summed E-state index contributed by atoms with van der Waals surface area (Å²) in [5.41, 5.74) is 4.32. The highest BCUT2D eigenvalue weighted by Crippen LogP contribution is 2.30. The molecule has 1 aromatic heterocycles. The van der Waals surface area contributed by atoms with Gasteiger partial charge in [0.25, 0.3) is 0 Å². The highest BCUT2D eigenvalue weighted by molar-refractivity contribution is 5.65. The molecule has 0 unspecified atom stereocenters. The molecule has 0 bridgehead atoms. The highest BCUT2D eigenvalue weighted by atomic mass is 16.5. The number of likely N-dealkylation sites (tertiary alicyclic amines) is 1. The molecule has 1 aliphatic heterocycles. The Labute approximate surface area is 185 Å². The Morgan fingerprint density at radius 3 is 2.48 bits per heavy atom. The van der Waals surface area contributed by atoms with Gasteiger partial charge in [-0.1, -0.05) is 44.2 Å². The normalized spacial score (nSPS) is 16.5. The summed E-state index contributed by atoms with van der Waals surface area (Å²) in [6.45, 7) is 7.07. The summed E-state index contributed by atoms with van der Waals surface area (Å²) in [6, 6.07) is 18.4. The number of rotatable bonds is 7. The van der Waals surface area contributed by atoms with Crippen LogP contribution >= 0.6 is 0 Å². The van der Waals surface area contributed by atoms with Gasteiger partial charge in [-0.2, -0.15) is 5.10 Å². The van der Waals surface area contributed by atoms with Crippen molar-refractivity contribution in [3.63, 3.8) is 0 Å². The van der Waals surface area contributed by atoms with E-state index in [1.165, 1.54) is 5.56 Å². The molecular weight excluding hydrogens is 386 g/mol. The lowest BCUT2D eigenvalue weighted by Gasteiger charge is -2.35. The third-order valence-electron chi connectivity index (χ3n) is 6.35. The quantitative estimate of drug-likeness (QED) is 0.599. The van der Waals surface area contributed by atoms with E-state index < -0.39 is 0 Å². The lowest BCUT2D eigenvalue weighted by Crippen LogP contribution is -2.39. The van der Waals surface area contributed by atoms with Crippen LogP contribution in [0.5, 0.6) is 5.75 Å². The first-order valence-corrected chi connectivity index (χ1v) is 11.2. The topological polar surface area (TPSA) is 50.5 Å². The summed E-state index contributed by atoms with van der Waals surface area (Å²) in [4.78, 5) is 2.49. The summed E-state index contributed by atoms with van der Waals surface area (Å²) >= 11 is 0. The maximum atomic E-state index is 10.5. The molecular formula is C26H33N3O2. The summed E-state index contributed by atoms with van der Waals surface area (Å²) in [6.07, 6.45) is 4.04. The van der Waals surface area contributed by atoms with Crippen LogP contribution < -0.4 is 4.74 Å². The second kappa shape index (κ2) is 9.67. The summed E-state index contributed by atoms with van der Waals surface area (Å²) < 4.78 is 7.41. The zero-order valence-electron chi connectivity index (χ0n) is 18.7. The average molecular weight is 420 g/mol. The Balaban J connectivity index is 1.58. The molecule has 0 aliphatic carbocycles. The van der Waals surface area contributed by atoms with E-state index in [2.05, 4.69) is 43.1 Å². The third kappa shape index (κ3) is 5.00. The smallest absolute Gasteiger partial charge is 0.119 e. The van der Waals surface area contributed by atoms with Crippen LogP contribution in [0.1, 0.15) is 32.3 Å². The number of nitrogens with zero attached hydrogens (tertiary/aromatic N) is 3. The van der Waals surface area contributed by atoms with Gasteiger partial charge in [-0.15, -0.1) is 0 Å². The molecule has 5 heteroatoms. The number of methoxy groups -OCH3 is 1. The molecule has 0 amide bonds. The van der Waals surface area contributed by atoms with E-state index in [0.29, 0.717) is 11.8 Å². The first-order valence-electron chi connectivity index (χ1n) is 11.2. The number of benzene rings is 2. The minimum Gasteiger partial charge on any atom is -0.497 e. The first kappa shape index (κ1) is 21.6. The molecule has 0 spiro atoms. The van der Waals surface area contributed by atoms with Gasteiger partial charge in [0.05, 0.1) is 24.6 Å². The van der Waals surface area contributed by atoms with Crippen LogP contribution in [-0.2, 0) is 6.54 Å². The van der Waals surface area contributed by atoms with Crippen LogP contribution in [0, 0.1) is 11.8 Å². The van der Waals surface area contributed by atoms with Crippen molar-refractivity contribution >= 4 is 0 Å². The van der Waals surface area contributed by atoms with Crippen molar-refractivity contribution in [1.29, 1.82) is 0 Å². The second-order valence-electron chi connectivity index (χ2n) is 8.86. The van der Waals surface area contributed by atoms with Crippen molar-refractivity contribution in [2.24, 2.45) is 11.8 Å². The van der Waals surface area contributed by atoms with Gasteiger partial charge >= 0.3 is 0 Å². The lowest BCUT2D eigenvalue weighted by atomic mass is 9.85. The maximum absolute atomic E-state index is 10.5. The van der Waals surface area contributed by atoms with Gasteiger partial charge in [-0.3, -0.25) is 4.90 Å². The fourth-order valence-electron chi connectivity index (χ4n) is 4.49. The minimum atomic E-state index is -0.199. The average Bonchev–Trinajstić information content (AvgIpc) is 3.23. The summed E-state index contributed by atoms with van der Waals surface area (Å²) in [5, 5.41) is 15.4. The number of para-hydroxylation sites is 1. The number of aromatic nitrogens is 2. The molecule has 2 heterocycles. The lowest BCUT2D eigenvalue weighted by molar-refractivity contribution is 0.0270. The molecule has 5 nitrogen and oxygen atoms in total. The van der Waals surface area contributed by atoms with Crippen molar-refractivity contribution in [2.45, 2.75) is 39.3 Å². The molecule has 2 aromatic carbocycles. The van der Waals surface area contributed by atoms with Crippen molar-refractivity contribution in [3.8, 4) is 22.7 Å². The number of aliphatic hydroxyl groups is 1. The van der Waals surface area contributed by atoms with E-state index in [4.69, 9.17) is 9.84 Å². The van der Waals surface area contributed by atoms with Crippen molar-refractivity contribution in [2.75, 3.05) is 20.2 Å². The van der Waals surface area contributed by atoms with Gasteiger partial charge in [0.15, 0.2) is 0 Å². The largest absolute Gasteiger partial charge is 0.497 e. The van der Waals surface area contributed by atoms with Crippen molar-refractivity contribution in [3.05, 3.63) is 66.4 Å². The van der Waals surface area contributed by atoms with Crippen LogP contribution in [-0.4, -0.2) is 46.1 Å². The van der Waals surface area contributed by atoms with Crippen LogP contribution in [0.3, 0.4) is 0 Å². The number of hydrogen-bond donors (Lipinski definition) is 1. The van der Waals surface area contributed by atoms with Gasteiger partial charge in [0.1, 0.15) is 5.75 Å². The first-order chi connectivity index (χ1) is 15.0. The van der Waals surface area contributed by atoms with Crippen LogP contribution in [0.25, 0.3) is 16.9 Å². The van der Waals surface area contributed by atoms with E-state index >= 15 is 0 Å². The monoisotopic (exact) mass is 419 g/mol. The predicted octanol–water partition coefficient (Wildman–Crippen LogP) is 4.78. The second-order valence-corrected chi connectivity index (χ2v) is 8.86. The molecule has 1 N–H and O–H groups in total. The molecule has 164 valence electrons. The van der Waals surface area contributed by atoms with E-state index in [-0.39, 0.29) is 6.10 Å². The number of aliphatic hydroxyl groups excluding tert-OH is 1. The Morgan fingerprint density at radius 1 is 1.06 bits per heavy atom. The van der Waals surface area contributed by atoms with E-state index in [9.17, 15) is 5.11 Å². The Bertz CT molecular complexity index is 975. The fourth-order valence-corrected chi connectivity index (χ4v) is 4.49. The number of hydrogen-bond acceptors (Lipinski definition) is 4. The minimum absolute atomic E-state index is 0.199. The van der Waals surface area contributed by atoms with Crippen LogP contribution in [0.15, 0.2) is 60.8 Å². The van der Waals surface area contributed by atoms with Crippen molar-refractivity contribution in [1.82, 2.24) is 14.7 Å². The Kier molecular flexibility index (Phi) is 6.73. The number of ether oxygens (including phenoxy) is 1. The maximum Gasteiger partial charge on any atom is 0.119 e. The Morgan fingerprint density at radius 2 is 1.81 bits per heavy atom. The van der Waals surface area contributed by atoms with E-state index in [1.807, 2.05) is 41.1 Å². The third-order valence-corrected chi connectivity index (χ3v) is 6.35. The molecule has 31 heavy (non-hydrogen) atoms. The fraction of sp³-hybridized carbons (Fsp3) is 0.423. The molecule has 3 aromatic rings. The van der Waals surface area contributed by atoms with Gasteiger partial charge in [0.2, 0.25) is 0 Å². The van der Waals surface area contributed by atoms with Crippen molar-refractivity contribution < 1.29 is 9.84 Å². The molecule has 1 fully saturated rings. The highest BCUT2D eigenvalue weighted by Gasteiger charge is 2.27. The van der Waals surface area contributed by atoms with Gasteiger partial charge in [0, 0.05) is 23.9 Å². The zero-order valence-corrected chi connectivity index (χ0v) is 18.7. The van der Waals surface area contributed by atoms with E-state index in [1.54, 1.807) is 7.11 Å². The standard InChI is InChI=1S/C26H33N3O2/c1-19(2)26(30)20-12-14-28(15-13-20)17-22-18-29(23-9-5-4-6-10-23)27-25(22)21-8-7-11-24(16-21)31-3/h4-11,16,18-20,26,30H,12-15,17H2,1-3H3/t26-/m0/s1. The number of piperidine rings is 1. The summed E-state index contributed by atoms with van der Waals surface area (Å²) in [5.74, 6) is 1.56. The zero-order chi connectivity index (χ0) is 21.8. The predicted molar refractivity (Wildman–Crippen MR) is 124 cm³/mol. The van der Waals surface area contributed by atoms with Gasteiger partial charge in [-0.25, -0.2) is 4.68 Å². The van der Waals surface area contributed by atoms with Crippen LogP contribution in [0.2, 0.25) is 0 Å². The molecule has 0 radical (unpaired) electrons. The molecule has 4 rings (SSSR count). The molecule has 1 aliphatic rings.